The van der Waals surface area contributed by atoms with E-state index in [1.807, 2.05) is 36.9 Å². The van der Waals surface area contributed by atoms with E-state index in [0.717, 1.165) is 37.9 Å². The molecular formula is C33H34ClF3N8O4S. The van der Waals surface area contributed by atoms with Gasteiger partial charge < -0.3 is 24.4 Å². The number of anilines is 2. The molecular weight excluding hydrogens is 697 g/mol. The molecule has 0 saturated carbocycles. The van der Waals surface area contributed by atoms with E-state index in [1.54, 1.807) is 41.6 Å². The number of benzene rings is 2. The minimum atomic E-state index is -4.60. The van der Waals surface area contributed by atoms with Crippen LogP contribution in [0.1, 0.15) is 44.0 Å². The predicted molar refractivity (Wildman–Crippen MR) is 185 cm³/mol. The molecule has 2 aromatic carbocycles. The summed E-state index contributed by atoms with van der Waals surface area (Å²) in [4.78, 5) is 53.2. The first-order valence-corrected chi connectivity index (χ1v) is 17.0. The van der Waals surface area contributed by atoms with Crippen LogP contribution in [0.3, 0.4) is 0 Å². The van der Waals surface area contributed by atoms with E-state index in [1.165, 1.54) is 0 Å². The van der Waals surface area contributed by atoms with E-state index in [-0.39, 0.29) is 41.9 Å². The second-order valence-electron chi connectivity index (χ2n) is 12.8. The number of carbonyl (C=O) groups is 2. The maximum absolute atomic E-state index is 14.2. The van der Waals surface area contributed by atoms with Crippen LogP contribution >= 0.6 is 22.9 Å². The standard InChI is InChI=1S/C33H34ClF3N8O4S/c1-6-24-27(42-11-13-43(14-12-42)31(48)49-32(3,4)5)29(47)45-30(40-28(41-45)19-7-10-25-23(15-19)38-18(2)50-25)44(24)17-26(46)39-22-9-8-20(16-21(22)34)33(35,36)37/h7-10,15-16H,6,11-14,17H2,1-5H3,(H,39,46). The van der Waals surface area contributed by atoms with E-state index in [0.29, 0.717) is 36.5 Å². The maximum Gasteiger partial charge on any atom is 0.416 e. The van der Waals surface area contributed by atoms with E-state index in [4.69, 9.17) is 21.3 Å². The highest BCUT2D eigenvalue weighted by Gasteiger charge is 2.32. The van der Waals surface area contributed by atoms with Crippen LogP contribution in [-0.2, 0) is 28.7 Å². The molecule has 1 fully saturated rings. The van der Waals surface area contributed by atoms with Crippen molar-refractivity contribution in [1.82, 2.24) is 29.0 Å². The zero-order chi connectivity index (χ0) is 36.1. The van der Waals surface area contributed by atoms with Crippen molar-refractivity contribution >= 4 is 62.3 Å². The Balaban J connectivity index is 1.40. The summed E-state index contributed by atoms with van der Waals surface area (Å²) in [7, 11) is 0. The molecule has 1 saturated heterocycles. The number of nitrogens with zero attached hydrogens (tertiary/aromatic N) is 7. The van der Waals surface area contributed by atoms with Crippen LogP contribution < -0.4 is 15.8 Å². The number of nitrogens with one attached hydrogen (secondary N) is 1. The highest BCUT2D eigenvalue weighted by molar-refractivity contribution is 7.18. The van der Waals surface area contributed by atoms with Crippen molar-refractivity contribution in [1.29, 1.82) is 0 Å². The Morgan fingerprint density at radius 2 is 1.76 bits per heavy atom. The fourth-order valence-electron chi connectivity index (χ4n) is 5.80. The van der Waals surface area contributed by atoms with Crippen LogP contribution in [0.25, 0.3) is 27.4 Å². The lowest BCUT2D eigenvalue weighted by Crippen LogP contribution is -2.51. The van der Waals surface area contributed by atoms with Gasteiger partial charge in [0.25, 0.3) is 5.56 Å². The number of fused-ring (bicyclic) bond motifs is 2. The molecule has 3 aromatic heterocycles. The minimum absolute atomic E-state index is 0.00714. The molecule has 17 heteroatoms. The first kappa shape index (κ1) is 35.1. The van der Waals surface area contributed by atoms with E-state index >= 15 is 0 Å². The average molecular weight is 731 g/mol. The van der Waals surface area contributed by atoms with Crippen molar-refractivity contribution in [2.24, 2.45) is 0 Å². The average Bonchev–Trinajstić information content (AvgIpc) is 3.65. The largest absolute Gasteiger partial charge is 0.444 e. The van der Waals surface area contributed by atoms with Crippen molar-refractivity contribution in [3.8, 4) is 11.4 Å². The van der Waals surface area contributed by atoms with Crippen LogP contribution in [0.2, 0.25) is 5.02 Å². The van der Waals surface area contributed by atoms with Crippen molar-refractivity contribution < 1.29 is 27.5 Å². The van der Waals surface area contributed by atoms with Crippen LogP contribution in [0.15, 0.2) is 41.2 Å². The van der Waals surface area contributed by atoms with Crippen molar-refractivity contribution in [2.75, 3.05) is 36.4 Å². The number of aryl methyl sites for hydroxylation is 1. The Kier molecular flexibility index (Phi) is 9.28. The van der Waals surface area contributed by atoms with Gasteiger partial charge in [-0.1, -0.05) is 18.5 Å². The second-order valence-corrected chi connectivity index (χ2v) is 14.4. The molecule has 1 N–H and O–H groups in total. The quantitative estimate of drug-likeness (QED) is 0.213. The van der Waals surface area contributed by atoms with Crippen molar-refractivity contribution in [2.45, 2.75) is 59.4 Å². The van der Waals surface area contributed by atoms with Gasteiger partial charge in [-0.25, -0.2) is 9.78 Å². The third-order valence-corrected chi connectivity index (χ3v) is 9.30. The summed E-state index contributed by atoms with van der Waals surface area (Å²) in [5.41, 5.74) is 0.0866. The smallest absolute Gasteiger partial charge is 0.416 e. The molecule has 5 aromatic rings. The monoisotopic (exact) mass is 730 g/mol. The van der Waals surface area contributed by atoms with Gasteiger partial charge in [0.05, 0.1) is 37.2 Å². The van der Waals surface area contributed by atoms with Crippen molar-refractivity contribution in [3.05, 3.63) is 68.0 Å². The summed E-state index contributed by atoms with van der Waals surface area (Å²) < 4.78 is 48.9. The second kappa shape index (κ2) is 13.2. The maximum atomic E-state index is 14.2. The van der Waals surface area contributed by atoms with Gasteiger partial charge in [-0.2, -0.15) is 22.7 Å². The van der Waals surface area contributed by atoms with Gasteiger partial charge in [0.1, 0.15) is 17.8 Å². The van der Waals surface area contributed by atoms with Gasteiger partial charge in [-0.15, -0.1) is 16.4 Å². The molecule has 0 atom stereocenters. The van der Waals surface area contributed by atoms with Crippen LogP contribution in [0.5, 0.6) is 0 Å². The molecule has 12 nitrogen and oxygen atoms in total. The molecule has 0 aliphatic carbocycles. The predicted octanol–water partition coefficient (Wildman–Crippen LogP) is 6.41. The number of piperazine rings is 1. The summed E-state index contributed by atoms with van der Waals surface area (Å²) >= 11 is 7.67. The number of carbonyl (C=O) groups excluding carboxylic acids is 2. The summed E-state index contributed by atoms with van der Waals surface area (Å²) in [6, 6.07) is 8.23. The van der Waals surface area contributed by atoms with Gasteiger partial charge in [0.15, 0.2) is 5.82 Å². The highest BCUT2D eigenvalue weighted by atomic mass is 35.5. The number of amides is 2. The number of aromatic nitrogens is 5. The molecule has 4 heterocycles. The fourth-order valence-corrected chi connectivity index (χ4v) is 6.83. The topological polar surface area (TPSA) is 127 Å². The SMILES string of the molecule is CCc1c(N2CCN(C(=O)OC(C)(C)C)CC2)c(=O)n2nc(-c3ccc4sc(C)nc4c3)nc2n1CC(=O)Nc1ccc(C(F)(F)F)cc1Cl. The first-order chi connectivity index (χ1) is 23.5. The number of hydrogen-bond acceptors (Lipinski definition) is 9. The zero-order valence-electron chi connectivity index (χ0n) is 27.9. The van der Waals surface area contributed by atoms with Gasteiger partial charge in [0, 0.05) is 31.7 Å². The van der Waals surface area contributed by atoms with Crippen LogP contribution in [0, 0.1) is 6.92 Å². The number of ether oxygens (including phenoxy) is 1. The Hall–Kier alpha value is -4.70. The third kappa shape index (κ3) is 7.12. The molecule has 1 aliphatic rings. The fraction of sp³-hybridized carbons (Fsp3) is 0.394. The minimum Gasteiger partial charge on any atom is -0.444 e. The summed E-state index contributed by atoms with van der Waals surface area (Å²) in [5, 5.41) is 7.79. The molecule has 2 amide bonds. The van der Waals surface area contributed by atoms with Crippen molar-refractivity contribution in [3.63, 3.8) is 0 Å². The molecule has 264 valence electrons. The van der Waals surface area contributed by atoms with E-state index < -0.39 is 34.9 Å². The number of thiazole rings is 1. The van der Waals surface area contributed by atoms with E-state index in [9.17, 15) is 27.6 Å². The molecule has 0 unspecified atom stereocenters. The lowest BCUT2D eigenvalue weighted by atomic mass is 10.2. The lowest BCUT2D eigenvalue weighted by Gasteiger charge is -2.37. The van der Waals surface area contributed by atoms with Crippen LogP contribution in [0.4, 0.5) is 29.3 Å². The Bertz CT molecular complexity index is 2180. The molecule has 0 spiro atoms. The Labute approximate surface area is 293 Å². The number of alkyl halides is 3. The lowest BCUT2D eigenvalue weighted by molar-refractivity contribution is -0.137. The third-order valence-electron chi connectivity index (χ3n) is 8.03. The van der Waals surface area contributed by atoms with Gasteiger partial charge in [-0.05, 0) is 70.5 Å². The Morgan fingerprint density at radius 1 is 1.04 bits per heavy atom. The van der Waals surface area contributed by atoms with Gasteiger partial charge in [-0.3, -0.25) is 9.59 Å². The summed E-state index contributed by atoms with van der Waals surface area (Å²) in [6.45, 7) is 9.94. The van der Waals surface area contributed by atoms with Gasteiger partial charge in [0.2, 0.25) is 11.7 Å². The number of rotatable bonds is 6. The summed E-state index contributed by atoms with van der Waals surface area (Å²) in [6.07, 6.45) is -4.74. The molecule has 0 bridgehead atoms. The number of hydrogen-bond donors (Lipinski definition) is 1. The Morgan fingerprint density at radius 3 is 2.40 bits per heavy atom. The summed E-state index contributed by atoms with van der Waals surface area (Å²) in [5.74, 6) is -0.277. The number of halogens is 4. The van der Waals surface area contributed by atoms with E-state index in [2.05, 4.69) is 15.4 Å². The normalized spacial score (nSPS) is 14.1. The van der Waals surface area contributed by atoms with Gasteiger partial charge >= 0.3 is 12.3 Å². The molecule has 6 rings (SSSR count). The van der Waals surface area contributed by atoms with Crippen LogP contribution in [-0.4, -0.2) is 72.8 Å². The molecule has 0 radical (unpaired) electrons. The first-order valence-electron chi connectivity index (χ1n) is 15.8. The zero-order valence-corrected chi connectivity index (χ0v) is 29.5. The molecule has 1 aliphatic heterocycles. The highest BCUT2D eigenvalue weighted by Crippen LogP contribution is 2.34. The molecule has 50 heavy (non-hydrogen) atoms.